The van der Waals surface area contributed by atoms with Gasteiger partial charge in [0.25, 0.3) is 0 Å². The Hall–Kier alpha value is -0.350. The third-order valence-corrected chi connectivity index (χ3v) is 3.29. The molecule has 4 heteroatoms. The van der Waals surface area contributed by atoms with Gasteiger partial charge in [-0.3, -0.25) is 0 Å². The highest BCUT2D eigenvalue weighted by Crippen LogP contribution is 2.33. The standard InChI is InChI=1S/C10H9Br2NO/c1-6-2-3-7(8(11)4-6)9-5-10(12)13-14-9/h2-4,9H,5H2,1H3. The fourth-order valence-electron chi connectivity index (χ4n) is 1.41. The largest absolute Gasteiger partial charge is 0.386 e. The molecule has 0 aliphatic carbocycles. The van der Waals surface area contributed by atoms with Gasteiger partial charge in [-0.15, -0.1) is 0 Å². The maximum Gasteiger partial charge on any atom is 0.159 e. The predicted molar refractivity (Wildman–Crippen MR) is 63.7 cm³/mol. The van der Waals surface area contributed by atoms with E-state index >= 15 is 0 Å². The molecule has 1 aliphatic rings. The van der Waals surface area contributed by atoms with Crippen LogP contribution in [0.5, 0.6) is 0 Å². The second-order valence-electron chi connectivity index (χ2n) is 3.29. The Balaban J connectivity index is 2.25. The summed E-state index contributed by atoms with van der Waals surface area (Å²) in [5.74, 6) is 0. The van der Waals surface area contributed by atoms with Crippen LogP contribution in [0, 0.1) is 6.92 Å². The van der Waals surface area contributed by atoms with E-state index in [-0.39, 0.29) is 6.10 Å². The Morgan fingerprint density at radius 1 is 1.43 bits per heavy atom. The smallest absolute Gasteiger partial charge is 0.159 e. The number of halogens is 2. The molecule has 1 heterocycles. The van der Waals surface area contributed by atoms with Gasteiger partial charge in [0.15, 0.2) is 6.10 Å². The van der Waals surface area contributed by atoms with E-state index in [0.717, 1.165) is 21.1 Å². The van der Waals surface area contributed by atoms with Gasteiger partial charge in [-0.2, -0.15) is 0 Å². The minimum atomic E-state index is 0.0411. The zero-order valence-electron chi connectivity index (χ0n) is 7.63. The van der Waals surface area contributed by atoms with E-state index in [4.69, 9.17) is 4.84 Å². The molecule has 0 saturated carbocycles. The van der Waals surface area contributed by atoms with E-state index in [2.05, 4.69) is 62.1 Å². The Morgan fingerprint density at radius 2 is 2.21 bits per heavy atom. The highest BCUT2D eigenvalue weighted by atomic mass is 79.9. The first-order valence-corrected chi connectivity index (χ1v) is 5.89. The summed E-state index contributed by atoms with van der Waals surface area (Å²) < 4.78 is 1.95. The van der Waals surface area contributed by atoms with Gasteiger partial charge < -0.3 is 4.84 Å². The molecule has 0 fully saturated rings. The van der Waals surface area contributed by atoms with E-state index in [9.17, 15) is 0 Å². The van der Waals surface area contributed by atoms with Crippen LogP contribution in [0.15, 0.2) is 27.8 Å². The number of nitrogens with zero attached hydrogens (tertiary/aromatic N) is 1. The summed E-state index contributed by atoms with van der Waals surface area (Å²) >= 11 is 6.86. The van der Waals surface area contributed by atoms with Crippen molar-refractivity contribution in [2.45, 2.75) is 19.4 Å². The van der Waals surface area contributed by atoms with Crippen LogP contribution in [0.4, 0.5) is 0 Å². The van der Waals surface area contributed by atoms with Gasteiger partial charge in [0.2, 0.25) is 0 Å². The van der Waals surface area contributed by atoms with Crippen LogP contribution in [-0.4, -0.2) is 4.62 Å². The topological polar surface area (TPSA) is 21.6 Å². The minimum Gasteiger partial charge on any atom is -0.386 e. The van der Waals surface area contributed by atoms with Crippen molar-refractivity contribution in [2.24, 2.45) is 5.16 Å². The van der Waals surface area contributed by atoms with Crippen molar-refractivity contribution in [3.63, 3.8) is 0 Å². The zero-order valence-corrected chi connectivity index (χ0v) is 10.8. The second kappa shape index (κ2) is 4.03. The van der Waals surface area contributed by atoms with Crippen LogP contribution < -0.4 is 0 Å². The van der Waals surface area contributed by atoms with Crippen LogP contribution in [0.3, 0.4) is 0 Å². The maximum absolute atomic E-state index is 5.28. The third kappa shape index (κ3) is 2.01. The quantitative estimate of drug-likeness (QED) is 0.769. The van der Waals surface area contributed by atoms with Gasteiger partial charge in [-0.25, -0.2) is 0 Å². The first-order chi connectivity index (χ1) is 6.66. The van der Waals surface area contributed by atoms with Gasteiger partial charge >= 0.3 is 0 Å². The molecule has 14 heavy (non-hydrogen) atoms. The number of oxime groups is 1. The molecule has 2 nitrogen and oxygen atoms in total. The molecule has 0 amide bonds. The van der Waals surface area contributed by atoms with E-state index in [1.807, 2.05) is 0 Å². The lowest BCUT2D eigenvalue weighted by atomic mass is 10.1. The second-order valence-corrected chi connectivity index (χ2v) is 5.06. The molecule has 0 saturated heterocycles. The lowest BCUT2D eigenvalue weighted by molar-refractivity contribution is 0.0852. The maximum atomic E-state index is 5.28. The summed E-state index contributed by atoms with van der Waals surface area (Å²) in [6.45, 7) is 2.07. The van der Waals surface area contributed by atoms with Crippen molar-refractivity contribution >= 4 is 36.5 Å². The van der Waals surface area contributed by atoms with Crippen molar-refractivity contribution < 1.29 is 4.84 Å². The number of benzene rings is 1. The Morgan fingerprint density at radius 3 is 2.79 bits per heavy atom. The van der Waals surface area contributed by atoms with Gasteiger partial charge in [0.1, 0.15) is 4.62 Å². The highest BCUT2D eigenvalue weighted by molar-refractivity contribution is 9.18. The molecule has 1 aliphatic heterocycles. The average molecular weight is 319 g/mol. The van der Waals surface area contributed by atoms with E-state index in [0.29, 0.717) is 0 Å². The van der Waals surface area contributed by atoms with Crippen LogP contribution in [0.25, 0.3) is 0 Å². The van der Waals surface area contributed by atoms with Crippen LogP contribution in [-0.2, 0) is 4.84 Å². The fourth-order valence-corrected chi connectivity index (χ4v) is 2.53. The minimum absolute atomic E-state index is 0.0411. The van der Waals surface area contributed by atoms with Crippen LogP contribution in [0.2, 0.25) is 0 Å². The molecule has 0 radical (unpaired) electrons. The van der Waals surface area contributed by atoms with Crippen LogP contribution in [0.1, 0.15) is 23.7 Å². The Bertz CT molecular complexity index is 390. The summed E-state index contributed by atoms with van der Waals surface area (Å²) in [5.41, 5.74) is 2.38. The third-order valence-electron chi connectivity index (χ3n) is 2.14. The van der Waals surface area contributed by atoms with Gasteiger partial charge in [-0.1, -0.05) is 33.2 Å². The fraction of sp³-hybridized carbons (Fsp3) is 0.300. The predicted octanol–water partition coefficient (Wildman–Crippen LogP) is 3.93. The summed E-state index contributed by atoms with van der Waals surface area (Å²) in [4.78, 5) is 5.28. The first kappa shape index (κ1) is 10.2. The molecular weight excluding hydrogens is 310 g/mol. The van der Waals surface area contributed by atoms with Gasteiger partial charge in [-0.05, 0) is 34.5 Å². The first-order valence-electron chi connectivity index (χ1n) is 4.31. The molecule has 74 valence electrons. The molecule has 0 aromatic heterocycles. The lowest BCUT2D eigenvalue weighted by Crippen LogP contribution is -1.98. The Kier molecular flexibility index (Phi) is 2.93. The summed E-state index contributed by atoms with van der Waals surface area (Å²) in [7, 11) is 0. The molecule has 0 bridgehead atoms. The van der Waals surface area contributed by atoms with E-state index in [1.165, 1.54) is 5.56 Å². The summed E-state index contributed by atoms with van der Waals surface area (Å²) in [6.07, 6.45) is 0.848. The molecule has 0 spiro atoms. The van der Waals surface area contributed by atoms with E-state index < -0.39 is 0 Å². The molecule has 1 aromatic rings. The molecule has 0 N–H and O–H groups in total. The molecular formula is C10H9Br2NO. The molecule has 1 aromatic carbocycles. The SMILES string of the molecule is Cc1ccc(C2CC(Br)=NO2)c(Br)c1. The van der Waals surface area contributed by atoms with Gasteiger partial charge in [0.05, 0.1) is 0 Å². The number of hydrogen-bond donors (Lipinski definition) is 0. The zero-order chi connectivity index (χ0) is 10.1. The Labute approximate surface area is 99.6 Å². The highest BCUT2D eigenvalue weighted by Gasteiger charge is 2.22. The van der Waals surface area contributed by atoms with Crippen molar-refractivity contribution in [1.29, 1.82) is 0 Å². The van der Waals surface area contributed by atoms with Crippen molar-refractivity contribution in [1.82, 2.24) is 0 Å². The normalized spacial score (nSPS) is 20.5. The average Bonchev–Trinajstić information content (AvgIpc) is 2.51. The summed E-state index contributed by atoms with van der Waals surface area (Å²) in [6, 6.07) is 6.24. The monoisotopic (exact) mass is 317 g/mol. The number of rotatable bonds is 1. The van der Waals surface area contributed by atoms with Crippen molar-refractivity contribution in [2.75, 3.05) is 0 Å². The van der Waals surface area contributed by atoms with Crippen LogP contribution >= 0.6 is 31.9 Å². The molecule has 2 rings (SSSR count). The molecule has 1 unspecified atom stereocenters. The molecule has 1 atom stereocenters. The summed E-state index contributed by atoms with van der Waals surface area (Å²) in [5, 5.41) is 3.87. The van der Waals surface area contributed by atoms with Crippen molar-refractivity contribution in [3.8, 4) is 0 Å². The van der Waals surface area contributed by atoms with E-state index in [1.54, 1.807) is 0 Å². The lowest BCUT2D eigenvalue weighted by Gasteiger charge is -2.10. The van der Waals surface area contributed by atoms with Crippen molar-refractivity contribution in [3.05, 3.63) is 33.8 Å². The van der Waals surface area contributed by atoms with Gasteiger partial charge in [0, 0.05) is 16.5 Å². The number of hydrogen-bond acceptors (Lipinski definition) is 2. The number of aryl methyl sites for hydroxylation is 1.